The Morgan fingerprint density at radius 3 is 2.17 bits per heavy atom. The second-order valence-corrected chi connectivity index (χ2v) is 11.7. The van der Waals surface area contributed by atoms with Gasteiger partial charge in [0.15, 0.2) is 0 Å². The summed E-state index contributed by atoms with van der Waals surface area (Å²) in [6, 6.07) is 19.3. The third-order valence-electron chi connectivity index (χ3n) is 6.76. The summed E-state index contributed by atoms with van der Waals surface area (Å²) in [5.74, 6) is 0.643. The van der Waals surface area contributed by atoms with Crippen LogP contribution in [0.3, 0.4) is 0 Å². The predicted molar refractivity (Wildman–Crippen MR) is 142 cm³/mol. The molecule has 190 valence electrons. The van der Waals surface area contributed by atoms with E-state index < -0.39 is 10.0 Å². The van der Waals surface area contributed by atoms with Crippen molar-refractivity contribution in [1.29, 1.82) is 0 Å². The van der Waals surface area contributed by atoms with Crippen LogP contribution in [0.5, 0.6) is 0 Å². The minimum absolute atomic E-state index is 0.129. The van der Waals surface area contributed by atoms with Crippen LogP contribution in [0.2, 0.25) is 0 Å². The van der Waals surface area contributed by atoms with E-state index in [0.29, 0.717) is 51.4 Å². The molecule has 2 aromatic carbocycles. The average molecular weight is 506 g/mol. The average Bonchev–Trinajstić information content (AvgIpc) is 2.89. The molecule has 1 aliphatic rings. The number of piperazine rings is 1. The lowest BCUT2D eigenvalue weighted by Gasteiger charge is -2.34. The van der Waals surface area contributed by atoms with Gasteiger partial charge in [-0.05, 0) is 52.8 Å². The highest BCUT2D eigenvalue weighted by atomic mass is 32.2. The van der Waals surface area contributed by atoms with Crippen LogP contribution in [0.1, 0.15) is 48.4 Å². The predicted octanol–water partition coefficient (Wildman–Crippen LogP) is 4.46. The number of aromatic nitrogens is 1. The minimum Gasteiger partial charge on any atom is -0.299 e. The van der Waals surface area contributed by atoms with Gasteiger partial charge in [0.2, 0.25) is 10.0 Å². The van der Waals surface area contributed by atoms with Crippen molar-refractivity contribution in [3.8, 4) is 0 Å². The highest BCUT2D eigenvalue weighted by Crippen LogP contribution is 2.21. The van der Waals surface area contributed by atoms with E-state index in [2.05, 4.69) is 48.0 Å². The number of nitrogens with zero attached hydrogens (tertiary/aromatic N) is 3. The first kappa shape index (κ1) is 26.2. The molecule has 0 radical (unpaired) electrons. The second kappa shape index (κ2) is 11.9. The van der Waals surface area contributed by atoms with Crippen molar-refractivity contribution in [3.05, 3.63) is 95.3 Å². The van der Waals surface area contributed by atoms with E-state index in [0.717, 1.165) is 17.7 Å². The molecule has 0 unspecified atom stereocenters. The van der Waals surface area contributed by atoms with Gasteiger partial charge in [0.25, 0.3) is 0 Å². The van der Waals surface area contributed by atoms with Crippen LogP contribution < -0.4 is 0 Å². The SMILES string of the molecule is CC(C)c1ccc(CN2CCN(S(=O)(=O)c3ccc(CC(=O)CCc4cccnc4)cc3)CC2)cc1. The summed E-state index contributed by atoms with van der Waals surface area (Å²) in [6.07, 6.45) is 4.90. The Hall–Kier alpha value is -2.87. The molecule has 0 bridgehead atoms. The number of aryl methyl sites for hydroxylation is 1. The number of carbonyl (C=O) groups is 1. The summed E-state index contributed by atoms with van der Waals surface area (Å²) in [7, 11) is -3.55. The maximum absolute atomic E-state index is 13.2. The molecule has 0 atom stereocenters. The van der Waals surface area contributed by atoms with Crippen LogP contribution in [0.15, 0.2) is 78.0 Å². The maximum Gasteiger partial charge on any atom is 0.243 e. The van der Waals surface area contributed by atoms with Gasteiger partial charge in [-0.25, -0.2) is 8.42 Å². The summed E-state index contributed by atoms with van der Waals surface area (Å²) in [4.78, 5) is 19.0. The summed E-state index contributed by atoms with van der Waals surface area (Å²) in [6.45, 7) is 7.56. The molecular formula is C29H35N3O3S. The normalized spacial score (nSPS) is 15.3. The second-order valence-electron chi connectivity index (χ2n) is 9.80. The lowest BCUT2D eigenvalue weighted by atomic mass is 10.0. The van der Waals surface area contributed by atoms with E-state index in [1.807, 2.05) is 12.1 Å². The number of Topliss-reactive ketones (excluding diaryl/α,β-unsaturated/α-hetero) is 1. The van der Waals surface area contributed by atoms with Gasteiger partial charge in [0.1, 0.15) is 5.78 Å². The third-order valence-corrected chi connectivity index (χ3v) is 8.67. The number of hydrogen-bond donors (Lipinski definition) is 0. The highest BCUT2D eigenvalue weighted by molar-refractivity contribution is 7.89. The molecule has 1 fully saturated rings. The molecule has 4 rings (SSSR count). The quantitative estimate of drug-likeness (QED) is 0.407. The molecule has 0 spiro atoms. The van der Waals surface area contributed by atoms with Crippen molar-refractivity contribution < 1.29 is 13.2 Å². The Morgan fingerprint density at radius 1 is 0.889 bits per heavy atom. The Balaban J connectivity index is 1.27. The first-order valence-corrected chi connectivity index (χ1v) is 14.1. The molecule has 0 saturated carbocycles. The lowest BCUT2D eigenvalue weighted by molar-refractivity contribution is -0.118. The van der Waals surface area contributed by atoms with Crippen LogP contribution >= 0.6 is 0 Å². The van der Waals surface area contributed by atoms with Gasteiger partial charge in [-0.2, -0.15) is 4.31 Å². The van der Waals surface area contributed by atoms with Gasteiger partial charge in [0, 0.05) is 58.0 Å². The van der Waals surface area contributed by atoms with E-state index in [-0.39, 0.29) is 10.7 Å². The zero-order valence-electron chi connectivity index (χ0n) is 21.1. The number of pyridine rings is 1. The standard InChI is InChI=1S/C29H35N3O3S/c1-23(2)27-10-5-26(6-11-27)22-31-16-18-32(19-17-31)36(34,35)29-13-8-24(9-14-29)20-28(33)12-7-25-4-3-15-30-21-25/h3-6,8-11,13-15,21,23H,7,12,16-20,22H2,1-2H3. The van der Waals surface area contributed by atoms with Gasteiger partial charge in [0.05, 0.1) is 4.90 Å². The Morgan fingerprint density at radius 2 is 1.56 bits per heavy atom. The monoisotopic (exact) mass is 505 g/mol. The number of rotatable bonds is 10. The van der Waals surface area contributed by atoms with Crippen LogP contribution in [-0.2, 0) is 34.2 Å². The van der Waals surface area contributed by atoms with Gasteiger partial charge < -0.3 is 0 Å². The highest BCUT2D eigenvalue weighted by Gasteiger charge is 2.28. The fourth-order valence-electron chi connectivity index (χ4n) is 4.47. The van der Waals surface area contributed by atoms with E-state index in [4.69, 9.17) is 0 Å². The zero-order valence-corrected chi connectivity index (χ0v) is 22.0. The summed E-state index contributed by atoms with van der Waals surface area (Å²) in [5, 5.41) is 0. The molecule has 2 heterocycles. The van der Waals surface area contributed by atoms with E-state index >= 15 is 0 Å². The number of sulfonamides is 1. The number of ketones is 1. The summed E-state index contributed by atoms with van der Waals surface area (Å²) >= 11 is 0. The van der Waals surface area contributed by atoms with Gasteiger partial charge in [-0.1, -0.05) is 56.3 Å². The Bertz CT molecular complexity index is 1230. The number of hydrogen-bond acceptors (Lipinski definition) is 5. The maximum atomic E-state index is 13.2. The Labute approximate surface area is 215 Å². The van der Waals surface area contributed by atoms with Crippen molar-refractivity contribution in [2.45, 2.75) is 50.5 Å². The largest absolute Gasteiger partial charge is 0.299 e. The molecule has 0 N–H and O–H groups in total. The third kappa shape index (κ3) is 6.87. The summed E-state index contributed by atoms with van der Waals surface area (Å²) in [5.41, 5.74) is 4.45. The summed E-state index contributed by atoms with van der Waals surface area (Å²) < 4.78 is 27.9. The zero-order chi connectivity index (χ0) is 25.5. The van der Waals surface area contributed by atoms with Crippen LogP contribution in [0.25, 0.3) is 0 Å². The van der Waals surface area contributed by atoms with Gasteiger partial charge in [-0.15, -0.1) is 0 Å². The molecule has 7 heteroatoms. The first-order valence-electron chi connectivity index (χ1n) is 12.6. The Kier molecular flexibility index (Phi) is 8.67. The number of carbonyl (C=O) groups excluding carboxylic acids is 1. The fraction of sp³-hybridized carbons (Fsp3) is 0.379. The molecular weight excluding hydrogens is 470 g/mol. The first-order chi connectivity index (χ1) is 17.3. The van der Waals surface area contributed by atoms with Crippen molar-refractivity contribution in [3.63, 3.8) is 0 Å². The van der Waals surface area contributed by atoms with Gasteiger partial charge in [-0.3, -0.25) is 14.7 Å². The van der Waals surface area contributed by atoms with E-state index in [9.17, 15) is 13.2 Å². The molecule has 1 aromatic heterocycles. The number of benzene rings is 2. The van der Waals surface area contributed by atoms with Crippen LogP contribution in [-0.4, -0.2) is 54.6 Å². The topological polar surface area (TPSA) is 70.6 Å². The molecule has 3 aromatic rings. The minimum atomic E-state index is -3.55. The van der Waals surface area contributed by atoms with Crippen molar-refractivity contribution in [1.82, 2.24) is 14.2 Å². The molecule has 36 heavy (non-hydrogen) atoms. The lowest BCUT2D eigenvalue weighted by Crippen LogP contribution is -2.48. The van der Waals surface area contributed by atoms with E-state index in [1.165, 1.54) is 11.1 Å². The van der Waals surface area contributed by atoms with E-state index in [1.54, 1.807) is 41.0 Å². The molecule has 1 saturated heterocycles. The molecule has 0 amide bonds. The molecule has 6 nitrogen and oxygen atoms in total. The van der Waals surface area contributed by atoms with Crippen molar-refractivity contribution in [2.75, 3.05) is 26.2 Å². The fourth-order valence-corrected chi connectivity index (χ4v) is 5.89. The van der Waals surface area contributed by atoms with Crippen molar-refractivity contribution >= 4 is 15.8 Å². The van der Waals surface area contributed by atoms with Gasteiger partial charge >= 0.3 is 0 Å². The van der Waals surface area contributed by atoms with Crippen molar-refractivity contribution in [2.24, 2.45) is 0 Å². The van der Waals surface area contributed by atoms with Crippen LogP contribution in [0, 0.1) is 0 Å². The smallest absolute Gasteiger partial charge is 0.243 e. The molecule has 1 aliphatic heterocycles. The van der Waals surface area contributed by atoms with Crippen LogP contribution in [0.4, 0.5) is 0 Å². The molecule has 0 aliphatic carbocycles.